The number of aromatic nitrogens is 1. The summed E-state index contributed by atoms with van der Waals surface area (Å²) >= 11 is 0. The molecule has 0 spiro atoms. The highest BCUT2D eigenvalue weighted by Crippen LogP contribution is 2.18. The van der Waals surface area contributed by atoms with Crippen LogP contribution in [0.25, 0.3) is 0 Å². The molecule has 0 saturated heterocycles. The molecule has 3 N–H and O–H groups in total. The fourth-order valence-electron chi connectivity index (χ4n) is 1.40. The van der Waals surface area contributed by atoms with E-state index in [1.54, 1.807) is 0 Å². The number of nitrogens with zero attached hydrogens (tertiary/aromatic N) is 1. The van der Waals surface area contributed by atoms with Crippen molar-refractivity contribution in [3.8, 4) is 0 Å². The molecule has 1 aromatic rings. The summed E-state index contributed by atoms with van der Waals surface area (Å²) in [6.45, 7) is 0.0580. The summed E-state index contributed by atoms with van der Waals surface area (Å²) in [5.41, 5.74) is 0.463. The Labute approximate surface area is 98.1 Å². The van der Waals surface area contributed by atoms with Gasteiger partial charge in [-0.15, -0.1) is 0 Å². The van der Waals surface area contributed by atoms with Crippen LogP contribution >= 0.6 is 0 Å². The van der Waals surface area contributed by atoms with E-state index in [9.17, 15) is 9.59 Å². The van der Waals surface area contributed by atoms with E-state index in [-0.39, 0.29) is 18.0 Å². The van der Waals surface area contributed by atoms with Gasteiger partial charge >= 0.3 is 5.97 Å². The Morgan fingerprint density at radius 2 is 2.24 bits per heavy atom. The summed E-state index contributed by atoms with van der Waals surface area (Å²) in [6, 6.07) is 1.70. The van der Waals surface area contributed by atoms with Crippen molar-refractivity contribution in [1.29, 1.82) is 0 Å². The van der Waals surface area contributed by atoms with Gasteiger partial charge in [0.15, 0.2) is 0 Å². The van der Waals surface area contributed by atoms with Crippen molar-refractivity contribution in [2.45, 2.75) is 18.9 Å². The number of pyridine rings is 1. The summed E-state index contributed by atoms with van der Waals surface area (Å²) in [4.78, 5) is 26.1. The van der Waals surface area contributed by atoms with Gasteiger partial charge in [-0.2, -0.15) is 0 Å². The average molecular weight is 235 g/mol. The van der Waals surface area contributed by atoms with Gasteiger partial charge in [0.2, 0.25) is 5.91 Å². The molecule has 17 heavy (non-hydrogen) atoms. The predicted octanol–water partition coefficient (Wildman–Crippen LogP) is 0.470. The van der Waals surface area contributed by atoms with E-state index in [2.05, 4.69) is 15.6 Å². The van der Waals surface area contributed by atoms with Crippen LogP contribution in [0.5, 0.6) is 0 Å². The number of carboxylic acids is 1. The van der Waals surface area contributed by atoms with Gasteiger partial charge in [-0.3, -0.25) is 9.78 Å². The van der Waals surface area contributed by atoms with Crippen LogP contribution in [0, 0.1) is 0 Å². The van der Waals surface area contributed by atoms with E-state index in [1.165, 1.54) is 18.5 Å². The standard InChI is InChI=1S/C11H13N3O3/c15-10(14-7-1-2-7)6-13-9-5-12-4-3-8(9)11(16)17/h3-5,7,13H,1-2,6H2,(H,14,15)(H,16,17). The van der Waals surface area contributed by atoms with E-state index in [0.29, 0.717) is 11.7 Å². The second-order valence-corrected chi connectivity index (χ2v) is 3.92. The molecular formula is C11H13N3O3. The molecule has 0 radical (unpaired) electrons. The van der Waals surface area contributed by atoms with Crippen LogP contribution in [0.15, 0.2) is 18.5 Å². The first-order valence-electron chi connectivity index (χ1n) is 5.37. The largest absolute Gasteiger partial charge is 0.478 e. The van der Waals surface area contributed by atoms with Crippen molar-refractivity contribution in [2.24, 2.45) is 0 Å². The third-order valence-electron chi connectivity index (χ3n) is 2.43. The van der Waals surface area contributed by atoms with Gasteiger partial charge in [0.1, 0.15) is 0 Å². The van der Waals surface area contributed by atoms with Crippen LogP contribution in [0.3, 0.4) is 0 Å². The first-order chi connectivity index (χ1) is 8.16. The Hall–Kier alpha value is -2.11. The number of carbonyl (C=O) groups is 2. The molecule has 1 aliphatic carbocycles. The highest BCUT2D eigenvalue weighted by Gasteiger charge is 2.23. The Kier molecular flexibility index (Phi) is 3.22. The Morgan fingerprint density at radius 3 is 2.88 bits per heavy atom. The molecule has 0 atom stereocenters. The Morgan fingerprint density at radius 1 is 1.47 bits per heavy atom. The van der Waals surface area contributed by atoms with Crippen LogP contribution in [0.4, 0.5) is 5.69 Å². The van der Waals surface area contributed by atoms with E-state index in [4.69, 9.17) is 5.11 Å². The lowest BCUT2D eigenvalue weighted by atomic mass is 10.2. The van der Waals surface area contributed by atoms with Crippen molar-refractivity contribution >= 4 is 17.6 Å². The van der Waals surface area contributed by atoms with Gasteiger partial charge in [-0.05, 0) is 18.9 Å². The van der Waals surface area contributed by atoms with Gasteiger partial charge in [0.05, 0.1) is 24.0 Å². The highest BCUT2D eigenvalue weighted by atomic mass is 16.4. The third-order valence-corrected chi connectivity index (χ3v) is 2.43. The van der Waals surface area contributed by atoms with Crippen LogP contribution in [-0.4, -0.2) is 34.6 Å². The number of rotatable bonds is 5. The van der Waals surface area contributed by atoms with Gasteiger partial charge in [0, 0.05) is 12.2 Å². The van der Waals surface area contributed by atoms with E-state index in [0.717, 1.165) is 12.8 Å². The fourth-order valence-corrected chi connectivity index (χ4v) is 1.40. The quantitative estimate of drug-likeness (QED) is 0.690. The first kappa shape index (κ1) is 11.4. The Bertz CT molecular complexity index is 443. The molecule has 0 aromatic carbocycles. The molecule has 1 aromatic heterocycles. The van der Waals surface area contributed by atoms with Crippen molar-refractivity contribution in [2.75, 3.05) is 11.9 Å². The molecule has 2 rings (SSSR count). The van der Waals surface area contributed by atoms with Crippen LogP contribution in [-0.2, 0) is 4.79 Å². The molecule has 6 heteroatoms. The minimum Gasteiger partial charge on any atom is -0.478 e. The monoisotopic (exact) mass is 235 g/mol. The maximum Gasteiger partial charge on any atom is 0.337 e. The number of aromatic carboxylic acids is 1. The SMILES string of the molecule is O=C(CNc1cnccc1C(=O)O)NC1CC1. The van der Waals surface area contributed by atoms with Crippen molar-refractivity contribution < 1.29 is 14.7 Å². The maximum atomic E-state index is 11.4. The molecule has 1 fully saturated rings. The lowest BCUT2D eigenvalue weighted by molar-refractivity contribution is -0.119. The molecule has 0 unspecified atom stereocenters. The molecular weight excluding hydrogens is 222 g/mol. The molecule has 1 saturated carbocycles. The van der Waals surface area contributed by atoms with E-state index < -0.39 is 5.97 Å². The minimum atomic E-state index is -1.04. The van der Waals surface area contributed by atoms with Gasteiger partial charge in [-0.25, -0.2) is 4.79 Å². The number of anilines is 1. The number of carboxylic acid groups (broad SMARTS) is 1. The molecule has 6 nitrogen and oxygen atoms in total. The van der Waals surface area contributed by atoms with Crippen LogP contribution in [0.2, 0.25) is 0 Å². The van der Waals surface area contributed by atoms with Crippen LogP contribution in [0.1, 0.15) is 23.2 Å². The number of carbonyl (C=O) groups excluding carboxylic acids is 1. The van der Waals surface area contributed by atoms with Crippen molar-refractivity contribution in [3.05, 3.63) is 24.0 Å². The lowest BCUT2D eigenvalue weighted by Gasteiger charge is -2.08. The Balaban J connectivity index is 1.93. The zero-order valence-electron chi connectivity index (χ0n) is 9.14. The van der Waals surface area contributed by atoms with Crippen molar-refractivity contribution in [1.82, 2.24) is 10.3 Å². The number of hydrogen-bond donors (Lipinski definition) is 3. The molecule has 1 aliphatic rings. The molecule has 0 aliphatic heterocycles. The lowest BCUT2D eigenvalue weighted by Crippen LogP contribution is -2.31. The zero-order valence-corrected chi connectivity index (χ0v) is 9.14. The summed E-state index contributed by atoms with van der Waals surface area (Å²) in [7, 11) is 0. The summed E-state index contributed by atoms with van der Waals surface area (Å²) < 4.78 is 0. The summed E-state index contributed by atoms with van der Waals surface area (Å²) in [6.07, 6.45) is 4.85. The van der Waals surface area contributed by atoms with Gasteiger partial charge < -0.3 is 15.7 Å². The molecule has 0 bridgehead atoms. The normalized spacial score (nSPS) is 14.1. The second kappa shape index (κ2) is 4.82. The minimum absolute atomic E-state index is 0.0580. The summed E-state index contributed by atoms with van der Waals surface area (Å²) in [5.74, 6) is -1.18. The average Bonchev–Trinajstić information content (AvgIpc) is 3.10. The van der Waals surface area contributed by atoms with E-state index in [1.807, 2.05) is 0 Å². The highest BCUT2D eigenvalue weighted by molar-refractivity contribution is 5.94. The number of nitrogens with one attached hydrogen (secondary N) is 2. The molecule has 1 heterocycles. The summed E-state index contributed by atoms with van der Waals surface area (Å²) in [5, 5.41) is 14.5. The predicted molar refractivity (Wildman–Crippen MR) is 60.9 cm³/mol. The smallest absolute Gasteiger partial charge is 0.337 e. The number of amides is 1. The van der Waals surface area contributed by atoms with Crippen LogP contribution < -0.4 is 10.6 Å². The maximum absolute atomic E-state index is 11.4. The fraction of sp³-hybridized carbons (Fsp3) is 0.364. The van der Waals surface area contributed by atoms with E-state index >= 15 is 0 Å². The second-order valence-electron chi connectivity index (χ2n) is 3.92. The van der Waals surface area contributed by atoms with Gasteiger partial charge in [0.25, 0.3) is 0 Å². The first-order valence-corrected chi connectivity index (χ1v) is 5.37. The molecule has 1 amide bonds. The third kappa shape index (κ3) is 3.17. The number of hydrogen-bond acceptors (Lipinski definition) is 4. The topological polar surface area (TPSA) is 91.3 Å². The van der Waals surface area contributed by atoms with Gasteiger partial charge in [-0.1, -0.05) is 0 Å². The molecule has 90 valence electrons. The zero-order chi connectivity index (χ0) is 12.3. The van der Waals surface area contributed by atoms with Crippen molar-refractivity contribution in [3.63, 3.8) is 0 Å².